The van der Waals surface area contributed by atoms with Crippen molar-refractivity contribution in [3.8, 4) is 11.5 Å². The predicted octanol–water partition coefficient (Wildman–Crippen LogP) is 7.51. The van der Waals surface area contributed by atoms with Crippen LogP contribution in [0.4, 0.5) is 11.4 Å². The predicted molar refractivity (Wildman–Crippen MR) is 145 cm³/mol. The lowest BCUT2D eigenvalue weighted by Gasteiger charge is -2.30. The van der Waals surface area contributed by atoms with Gasteiger partial charge in [-0.3, -0.25) is 4.79 Å². The average Bonchev–Trinajstić information content (AvgIpc) is 3.02. The summed E-state index contributed by atoms with van der Waals surface area (Å²) in [5.74, 6) is 1.61. The Morgan fingerprint density at radius 3 is 2.39 bits per heavy atom. The first-order chi connectivity index (χ1) is 17.4. The van der Waals surface area contributed by atoms with Gasteiger partial charge < -0.3 is 20.1 Å². The number of halogens is 1. The molecular weight excluding hydrogens is 472 g/mol. The largest absolute Gasteiger partial charge is 0.490 e. The second-order valence-corrected chi connectivity index (χ2v) is 9.96. The number of carbonyl (C=O) groups is 1. The van der Waals surface area contributed by atoms with Crippen molar-refractivity contribution in [2.75, 3.05) is 17.2 Å². The van der Waals surface area contributed by atoms with Crippen molar-refractivity contribution in [2.45, 2.75) is 51.7 Å². The molecule has 2 atom stereocenters. The van der Waals surface area contributed by atoms with Crippen molar-refractivity contribution in [3.63, 3.8) is 0 Å². The molecule has 2 unspecified atom stereocenters. The second-order valence-electron chi connectivity index (χ2n) is 9.53. The van der Waals surface area contributed by atoms with E-state index in [2.05, 4.69) is 10.6 Å². The highest BCUT2D eigenvalue weighted by molar-refractivity contribution is 6.30. The van der Waals surface area contributed by atoms with Gasteiger partial charge in [0.1, 0.15) is 0 Å². The van der Waals surface area contributed by atoms with Crippen molar-refractivity contribution < 1.29 is 14.3 Å². The van der Waals surface area contributed by atoms with Crippen molar-refractivity contribution in [2.24, 2.45) is 0 Å². The zero-order chi connectivity index (χ0) is 25.2. The third-order valence-electron chi connectivity index (χ3n) is 6.61. The number of allylic oxidation sites excluding steroid dienone is 1. The minimum absolute atomic E-state index is 0.0289. The van der Waals surface area contributed by atoms with Crippen LogP contribution in [0.15, 0.2) is 78.0 Å². The summed E-state index contributed by atoms with van der Waals surface area (Å²) in [4.78, 5) is 13.8. The Morgan fingerprint density at radius 2 is 1.67 bits per heavy atom. The Bertz CT molecular complexity index is 1300. The van der Waals surface area contributed by atoms with Crippen LogP contribution >= 0.6 is 11.6 Å². The molecule has 0 bridgehead atoms. The lowest BCUT2D eigenvalue weighted by molar-refractivity contribution is -0.116. The van der Waals surface area contributed by atoms with Gasteiger partial charge in [0, 0.05) is 22.7 Å². The summed E-state index contributed by atoms with van der Waals surface area (Å²) in [5, 5.41) is 7.93. The van der Waals surface area contributed by atoms with Crippen molar-refractivity contribution >= 4 is 28.8 Å². The molecule has 6 heteroatoms. The fourth-order valence-electron chi connectivity index (χ4n) is 5.04. The molecule has 0 spiro atoms. The Balaban J connectivity index is 1.58. The Labute approximate surface area is 217 Å². The van der Waals surface area contributed by atoms with E-state index in [1.54, 1.807) is 0 Å². The molecule has 2 aliphatic rings. The molecule has 0 aromatic heterocycles. The van der Waals surface area contributed by atoms with Crippen LogP contribution in [0.1, 0.15) is 56.7 Å². The van der Waals surface area contributed by atoms with Gasteiger partial charge in [-0.05, 0) is 80.6 Å². The normalized spacial score (nSPS) is 19.1. The average molecular weight is 503 g/mol. The van der Waals surface area contributed by atoms with Crippen LogP contribution in [-0.2, 0) is 4.79 Å². The van der Waals surface area contributed by atoms with Crippen LogP contribution in [0.5, 0.6) is 11.5 Å². The van der Waals surface area contributed by atoms with Gasteiger partial charge in [-0.25, -0.2) is 0 Å². The summed E-state index contributed by atoms with van der Waals surface area (Å²) in [5.41, 5.74) is 5.72. The number of hydrogen-bond acceptors (Lipinski definition) is 5. The third kappa shape index (κ3) is 4.93. The molecule has 3 aromatic carbocycles. The van der Waals surface area contributed by atoms with E-state index in [0.29, 0.717) is 29.5 Å². The number of benzene rings is 3. The molecule has 0 saturated heterocycles. The minimum atomic E-state index is -0.317. The quantitative estimate of drug-likeness (QED) is 0.365. The molecule has 2 N–H and O–H groups in total. The molecule has 0 radical (unpaired) electrons. The Morgan fingerprint density at radius 1 is 0.944 bits per heavy atom. The number of hydrogen-bond donors (Lipinski definition) is 2. The fraction of sp³-hybridized carbons (Fsp3) is 0.300. The van der Waals surface area contributed by atoms with Gasteiger partial charge in [-0.1, -0.05) is 41.9 Å². The first-order valence-electron chi connectivity index (χ1n) is 12.5. The van der Waals surface area contributed by atoms with E-state index < -0.39 is 0 Å². The molecule has 0 amide bonds. The van der Waals surface area contributed by atoms with E-state index in [-0.39, 0.29) is 23.8 Å². The van der Waals surface area contributed by atoms with E-state index in [4.69, 9.17) is 21.1 Å². The molecule has 5 rings (SSSR count). The summed E-state index contributed by atoms with van der Waals surface area (Å²) in [6.07, 6.45) is 1.21. The topological polar surface area (TPSA) is 59.6 Å². The standard InChI is InChI=1S/C30H31ClN2O3/c1-4-35-28-17-20(11-14-27(28)36-18(2)3)30-29-25(32-23-7-5-6-8-24(23)33-30)15-21(16-26(29)34)19-9-12-22(31)13-10-19/h5-14,17-18,21,30,32-33H,4,15-16H2,1-3H3. The second kappa shape index (κ2) is 10.3. The van der Waals surface area contributed by atoms with E-state index in [1.165, 1.54) is 0 Å². The van der Waals surface area contributed by atoms with Crippen molar-refractivity contribution in [1.29, 1.82) is 0 Å². The molecular formula is C30H31ClN2O3. The van der Waals surface area contributed by atoms with Crippen molar-refractivity contribution in [3.05, 3.63) is 94.1 Å². The highest BCUT2D eigenvalue weighted by Gasteiger charge is 2.36. The zero-order valence-corrected chi connectivity index (χ0v) is 21.6. The lowest BCUT2D eigenvalue weighted by Crippen LogP contribution is -2.27. The van der Waals surface area contributed by atoms with Crippen LogP contribution in [0, 0.1) is 0 Å². The number of carbonyl (C=O) groups excluding carboxylic acids is 1. The molecule has 5 nitrogen and oxygen atoms in total. The van der Waals surface area contributed by atoms with Gasteiger partial charge in [0.2, 0.25) is 0 Å². The molecule has 0 fully saturated rings. The molecule has 0 saturated carbocycles. The lowest BCUT2D eigenvalue weighted by atomic mass is 9.78. The van der Waals surface area contributed by atoms with E-state index in [0.717, 1.165) is 40.2 Å². The number of ether oxygens (including phenoxy) is 2. The summed E-state index contributed by atoms with van der Waals surface area (Å²) < 4.78 is 11.9. The minimum Gasteiger partial charge on any atom is -0.490 e. The molecule has 3 aromatic rings. The van der Waals surface area contributed by atoms with Crippen LogP contribution < -0.4 is 20.1 Å². The highest BCUT2D eigenvalue weighted by atomic mass is 35.5. The summed E-state index contributed by atoms with van der Waals surface area (Å²) >= 11 is 6.11. The number of para-hydroxylation sites is 2. The molecule has 36 heavy (non-hydrogen) atoms. The van der Waals surface area contributed by atoms with Crippen LogP contribution in [0.25, 0.3) is 0 Å². The first kappa shape index (κ1) is 24.3. The van der Waals surface area contributed by atoms with E-state index in [1.807, 2.05) is 87.5 Å². The van der Waals surface area contributed by atoms with Crippen LogP contribution in [0.3, 0.4) is 0 Å². The molecule has 1 aliphatic heterocycles. The summed E-state index contributed by atoms with van der Waals surface area (Å²) in [6.45, 7) is 6.47. The van der Waals surface area contributed by atoms with Crippen LogP contribution in [0.2, 0.25) is 5.02 Å². The number of ketones is 1. The number of anilines is 2. The number of Topliss-reactive ketones (excluding diaryl/α,β-unsaturated/α-hetero) is 1. The highest BCUT2D eigenvalue weighted by Crippen LogP contribution is 2.45. The molecule has 1 aliphatic carbocycles. The smallest absolute Gasteiger partial charge is 0.163 e. The molecule has 186 valence electrons. The number of rotatable bonds is 6. The van der Waals surface area contributed by atoms with Crippen molar-refractivity contribution in [1.82, 2.24) is 0 Å². The summed E-state index contributed by atoms with van der Waals surface area (Å²) in [6, 6.07) is 21.5. The number of fused-ring (bicyclic) bond motifs is 1. The fourth-order valence-corrected chi connectivity index (χ4v) is 5.16. The van der Waals surface area contributed by atoms with Gasteiger partial charge >= 0.3 is 0 Å². The summed E-state index contributed by atoms with van der Waals surface area (Å²) in [7, 11) is 0. The zero-order valence-electron chi connectivity index (χ0n) is 20.8. The van der Waals surface area contributed by atoms with Gasteiger partial charge in [0.15, 0.2) is 17.3 Å². The Kier molecular flexibility index (Phi) is 6.92. The van der Waals surface area contributed by atoms with Gasteiger partial charge in [-0.15, -0.1) is 0 Å². The first-order valence-corrected chi connectivity index (χ1v) is 12.9. The van der Waals surface area contributed by atoms with E-state index >= 15 is 0 Å². The maximum Gasteiger partial charge on any atom is 0.163 e. The van der Waals surface area contributed by atoms with Gasteiger partial charge in [-0.2, -0.15) is 0 Å². The number of nitrogens with one attached hydrogen (secondary N) is 2. The molecule has 1 heterocycles. The van der Waals surface area contributed by atoms with E-state index in [9.17, 15) is 4.79 Å². The maximum atomic E-state index is 13.8. The van der Waals surface area contributed by atoms with Gasteiger partial charge in [0.25, 0.3) is 0 Å². The maximum absolute atomic E-state index is 13.8. The SMILES string of the molecule is CCOc1cc(C2Nc3ccccc3NC3=C2C(=O)CC(c2ccc(Cl)cc2)C3)ccc1OC(C)C. The van der Waals surface area contributed by atoms with Crippen LogP contribution in [-0.4, -0.2) is 18.5 Å². The third-order valence-corrected chi connectivity index (χ3v) is 6.87. The van der Waals surface area contributed by atoms with Gasteiger partial charge in [0.05, 0.1) is 30.1 Å². The monoisotopic (exact) mass is 502 g/mol. The Hall–Kier alpha value is -3.44.